The fourth-order valence-electron chi connectivity index (χ4n) is 1.30. The first-order valence-corrected chi connectivity index (χ1v) is 6.10. The van der Waals surface area contributed by atoms with Crippen molar-refractivity contribution in [3.05, 3.63) is 34.1 Å². The first-order chi connectivity index (χ1) is 7.89. The summed E-state index contributed by atoms with van der Waals surface area (Å²) in [5.41, 5.74) is -0.125. The Labute approximate surface area is 108 Å². The second kappa shape index (κ2) is 5.60. The van der Waals surface area contributed by atoms with Gasteiger partial charge >= 0.3 is 5.97 Å². The van der Waals surface area contributed by atoms with Crippen LogP contribution in [0.5, 0.6) is 0 Å². The van der Waals surface area contributed by atoms with Gasteiger partial charge in [0.15, 0.2) is 0 Å². The maximum atomic E-state index is 13.0. The lowest BCUT2D eigenvalue weighted by molar-refractivity contribution is -0.144. The van der Waals surface area contributed by atoms with Crippen LogP contribution in [0.3, 0.4) is 0 Å². The number of benzene rings is 1. The molecule has 0 amide bonds. The van der Waals surface area contributed by atoms with Crippen LogP contribution >= 0.6 is 15.9 Å². The van der Waals surface area contributed by atoms with Crippen molar-refractivity contribution in [2.75, 3.05) is 0 Å². The van der Waals surface area contributed by atoms with E-state index in [2.05, 4.69) is 21.2 Å². The molecule has 3 nitrogen and oxygen atoms in total. The molecule has 2 N–H and O–H groups in total. The molecule has 0 radical (unpaired) electrons. The van der Waals surface area contributed by atoms with Gasteiger partial charge < -0.3 is 5.11 Å². The minimum Gasteiger partial charge on any atom is -0.480 e. The van der Waals surface area contributed by atoms with Gasteiger partial charge in [-0.25, -0.2) is 4.39 Å². The highest BCUT2D eigenvalue weighted by molar-refractivity contribution is 9.10. The molecule has 0 aliphatic rings. The Hall–Kier alpha value is -0.940. The largest absolute Gasteiger partial charge is 0.480 e. The molecule has 1 aromatic rings. The minimum absolute atomic E-state index is 0.328. The monoisotopic (exact) mass is 303 g/mol. The maximum absolute atomic E-state index is 13.0. The highest BCUT2D eigenvalue weighted by Gasteiger charge is 2.29. The molecule has 0 spiro atoms. The van der Waals surface area contributed by atoms with E-state index in [1.807, 2.05) is 6.92 Å². The summed E-state index contributed by atoms with van der Waals surface area (Å²) >= 11 is 3.09. The number of carboxylic acids is 1. The molecular weight excluding hydrogens is 289 g/mol. The summed E-state index contributed by atoms with van der Waals surface area (Å²) in [6, 6.07) is 4.62. The first kappa shape index (κ1) is 14.1. The van der Waals surface area contributed by atoms with Crippen LogP contribution < -0.4 is 5.32 Å². The summed E-state index contributed by atoms with van der Waals surface area (Å²) in [7, 11) is 0. The van der Waals surface area contributed by atoms with E-state index in [-0.39, 0.29) is 5.82 Å². The van der Waals surface area contributed by atoms with E-state index in [9.17, 15) is 9.18 Å². The Morgan fingerprint density at radius 3 is 2.71 bits per heavy atom. The van der Waals surface area contributed by atoms with E-state index in [4.69, 9.17) is 5.11 Å². The van der Waals surface area contributed by atoms with E-state index in [0.717, 1.165) is 5.56 Å². The molecule has 0 fully saturated rings. The van der Waals surface area contributed by atoms with Gasteiger partial charge in [0.1, 0.15) is 11.4 Å². The second-order valence-electron chi connectivity index (χ2n) is 4.09. The molecule has 0 aromatic heterocycles. The number of hydrogen-bond acceptors (Lipinski definition) is 2. The van der Waals surface area contributed by atoms with Crippen LogP contribution in [0.1, 0.15) is 25.8 Å². The van der Waals surface area contributed by atoms with Crippen LogP contribution in [0.4, 0.5) is 4.39 Å². The second-order valence-corrected chi connectivity index (χ2v) is 4.95. The molecule has 0 bridgehead atoms. The van der Waals surface area contributed by atoms with E-state index in [0.29, 0.717) is 17.4 Å². The Kier molecular flexibility index (Phi) is 4.65. The fraction of sp³-hybridized carbons (Fsp3) is 0.417. The normalized spacial score (nSPS) is 14.4. The number of carbonyl (C=O) groups is 1. The van der Waals surface area contributed by atoms with Crippen molar-refractivity contribution in [1.29, 1.82) is 0 Å². The minimum atomic E-state index is -0.957. The molecule has 1 atom stereocenters. The summed E-state index contributed by atoms with van der Waals surface area (Å²) in [4.78, 5) is 11.1. The highest BCUT2D eigenvalue weighted by atomic mass is 79.9. The Morgan fingerprint density at radius 1 is 1.59 bits per heavy atom. The molecule has 0 saturated carbocycles. The number of halogens is 2. The Balaban J connectivity index is 2.73. The third-order valence-electron chi connectivity index (χ3n) is 2.85. The maximum Gasteiger partial charge on any atom is 0.323 e. The fourth-order valence-corrected chi connectivity index (χ4v) is 1.72. The van der Waals surface area contributed by atoms with Gasteiger partial charge in [-0.15, -0.1) is 0 Å². The van der Waals surface area contributed by atoms with Crippen molar-refractivity contribution in [3.8, 4) is 0 Å². The Bertz CT molecular complexity index is 425. The average molecular weight is 304 g/mol. The molecule has 94 valence electrons. The van der Waals surface area contributed by atoms with Gasteiger partial charge in [0.2, 0.25) is 0 Å². The summed E-state index contributed by atoms with van der Waals surface area (Å²) in [6.45, 7) is 3.82. The van der Waals surface area contributed by atoms with Gasteiger partial charge in [0.05, 0.1) is 4.47 Å². The molecule has 1 aromatic carbocycles. The predicted octanol–water partition coefficient (Wildman–Crippen LogP) is 2.93. The number of rotatable bonds is 5. The molecule has 0 aliphatic carbocycles. The van der Waals surface area contributed by atoms with Crippen molar-refractivity contribution in [2.24, 2.45) is 0 Å². The average Bonchev–Trinajstić information content (AvgIpc) is 2.30. The van der Waals surface area contributed by atoms with Crippen molar-refractivity contribution in [2.45, 2.75) is 32.4 Å². The van der Waals surface area contributed by atoms with Crippen molar-refractivity contribution in [1.82, 2.24) is 5.32 Å². The molecule has 5 heteroatoms. The van der Waals surface area contributed by atoms with Gasteiger partial charge in [-0.1, -0.05) is 13.0 Å². The van der Waals surface area contributed by atoms with E-state index >= 15 is 0 Å². The first-order valence-electron chi connectivity index (χ1n) is 5.31. The van der Waals surface area contributed by atoms with Crippen molar-refractivity contribution in [3.63, 3.8) is 0 Å². The standard InChI is InChI=1S/C12H15BrFNO2/c1-3-12(2,11(16)17)15-7-8-4-5-10(14)9(13)6-8/h4-6,15H,3,7H2,1-2H3,(H,16,17). The van der Waals surface area contributed by atoms with E-state index < -0.39 is 11.5 Å². The molecule has 0 heterocycles. The van der Waals surface area contributed by atoms with Crippen molar-refractivity contribution < 1.29 is 14.3 Å². The molecule has 0 aliphatic heterocycles. The zero-order chi connectivity index (χ0) is 13.1. The zero-order valence-electron chi connectivity index (χ0n) is 9.76. The zero-order valence-corrected chi connectivity index (χ0v) is 11.3. The molecular formula is C12H15BrFNO2. The van der Waals surface area contributed by atoms with Crippen LogP contribution in [-0.2, 0) is 11.3 Å². The van der Waals surface area contributed by atoms with Crippen LogP contribution in [0.2, 0.25) is 0 Å². The number of carboxylic acid groups (broad SMARTS) is 1. The molecule has 17 heavy (non-hydrogen) atoms. The predicted molar refractivity (Wildman–Crippen MR) is 67.3 cm³/mol. The third-order valence-corrected chi connectivity index (χ3v) is 3.45. The third kappa shape index (κ3) is 3.51. The lowest BCUT2D eigenvalue weighted by Crippen LogP contribution is -2.48. The lowest BCUT2D eigenvalue weighted by atomic mass is 9.99. The Morgan fingerprint density at radius 2 is 2.24 bits per heavy atom. The van der Waals surface area contributed by atoms with Crippen LogP contribution in [0.25, 0.3) is 0 Å². The molecule has 0 saturated heterocycles. The highest BCUT2D eigenvalue weighted by Crippen LogP contribution is 2.18. The van der Waals surface area contributed by atoms with E-state index in [1.54, 1.807) is 19.1 Å². The number of nitrogens with one attached hydrogen (secondary N) is 1. The quantitative estimate of drug-likeness (QED) is 0.879. The van der Waals surface area contributed by atoms with Gasteiger partial charge in [0, 0.05) is 6.54 Å². The topological polar surface area (TPSA) is 49.3 Å². The number of hydrogen-bond donors (Lipinski definition) is 2. The van der Waals surface area contributed by atoms with E-state index in [1.165, 1.54) is 6.07 Å². The smallest absolute Gasteiger partial charge is 0.323 e. The molecule has 1 unspecified atom stereocenters. The van der Waals surface area contributed by atoms with Gasteiger partial charge in [-0.2, -0.15) is 0 Å². The molecule has 1 rings (SSSR count). The lowest BCUT2D eigenvalue weighted by Gasteiger charge is -2.24. The summed E-state index contributed by atoms with van der Waals surface area (Å²) in [5.74, 6) is -1.22. The van der Waals surface area contributed by atoms with Crippen molar-refractivity contribution >= 4 is 21.9 Å². The van der Waals surface area contributed by atoms with Crippen LogP contribution in [0.15, 0.2) is 22.7 Å². The van der Waals surface area contributed by atoms with Gasteiger partial charge in [-0.3, -0.25) is 10.1 Å². The van der Waals surface area contributed by atoms with Crippen LogP contribution in [-0.4, -0.2) is 16.6 Å². The van der Waals surface area contributed by atoms with Crippen LogP contribution in [0, 0.1) is 5.82 Å². The summed E-state index contributed by atoms with van der Waals surface area (Å²) in [6.07, 6.45) is 0.477. The SMILES string of the molecule is CCC(C)(NCc1ccc(F)c(Br)c1)C(=O)O. The summed E-state index contributed by atoms with van der Waals surface area (Å²) < 4.78 is 13.4. The van der Waals surface area contributed by atoms with Gasteiger partial charge in [0.25, 0.3) is 0 Å². The number of aliphatic carboxylic acids is 1. The summed E-state index contributed by atoms with van der Waals surface area (Å²) in [5, 5.41) is 12.0. The van der Waals surface area contributed by atoms with Gasteiger partial charge in [-0.05, 0) is 47.0 Å².